The third-order valence-electron chi connectivity index (χ3n) is 4.74. The van der Waals surface area contributed by atoms with E-state index in [2.05, 4.69) is 0 Å². The third-order valence-corrected chi connectivity index (χ3v) is 6.31. The van der Waals surface area contributed by atoms with Crippen molar-refractivity contribution in [2.75, 3.05) is 13.7 Å². The lowest BCUT2D eigenvalue weighted by Gasteiger charge is -2.48. The van der Waals surface area contributed by atoms with Crippen LogP contribution in [0.1, 0.15) is 48.8 Å². The average Bonchev–Trinajstić information content (AvgIpc) is 2.88. The summed E-state index contributed by atoms with van der Waals surface area (Å²) >= 11 is 7.37. The molecule has 0 spiro atoms. The minimum Gasteiger partial charge on any atom is -0.377 e. The van der Waals surface area contributed by atoms with E-state index in [1.165, 1.54) is 18.4 Å². The van der Waals surface area contributed by atoms with Crippen molar-refractivity contribution in [1.82, 2.24) is 4.90 Å². The number of rotatable bonds is 4. The summed E-state index contributed by atoms with van der Waals surface area (Å²) in [6.45, 7) is 5.01. The number of nitrogens with zero attached hydrogens (tertiary/aromatic N) is 1. The number of carbonyl (C=O) groups excluding carboxylic acids is 2. The van der Waals surface area contributed by atoms with E-state index in [-0.39, 0.29) is 12.4 Å². The largest absolute Gasteiger partial charge is 0.471 e. The second-order valence-electron chi connectivity index (χ2n) is 7.03. The van der Waals surface area contributed by atoms with Crippen molar-refractivity contribution in [3.05, 3.63) is 20.8 Å². The van der Waals surface area contributed by atoms with Crippen molar-refractivity contribution < 1.29 is 27.5 Å². The van der Waals surface area contributed by atoms with Gasteiger partial charge in [0.05, 0.1) is 4.34 Å². The Morgan fingerprint density at radius 1 is 1.35 bits per heavy atom. The third kappa shape index (κ3) is 4.07. The number of amides is 1. The summed E-state index contributed by atoms with van der Waals surface area (Å²) in [6, 6.07) is 0.338. The van der Waals surface area contributed by atoms with E-state index in [0.717, 1.165) is 9.78 Å². The van der Waals surface area contributed by atoms with Gasteiger partial charge in [-0.15, -0.1) is 11.3 Å². The molecule has 0 radical (unpaired) electrons. The molecule has 1 aromatic heterocycles. The van der Waals surface area contributed by atoms with E-state index in [0.29, 0.717) is 22.7 Å². The molecule has 2 atom stereocenters. The number of halogens is 4. The number of methoxy groups -OCH3 is 1. The number of alkyl halides is 3. The number of ether oxygens (including phenoxy) is 1. The zero-order valence-electron chi connectivity index (χ0n) is 14.9. The van der Waals surface area contributed by atoms with Crippen molar-refractivity contribution in [1.29, 1.82) is 0 Å². The number of hydrogen-bond acceptors (Lipinski definition) is 4. The van der Waals surface area contributed by atoms with Crippen LogP contribution in [0.2, 0.25) is 4.34 Å². The van der Waals surface area contributed by atoms with Crippen LogP contribution in [-0.2, 0) is 14.9 Å². The Balaban J connectivity index is 2.36. The summed E-state index contributed by atoms with van der Waals surface area (Å²) in [5.41, 5.74) is -0.114. The van der Waals surface area contributed by atoms with E-state index < -0.39 is 29.6 Å². The molecule has 1 aromatic rings. The highest BCUT2D eigenvalue weighted by Crippen LogP contribution is 2.46. The van der Waals surface area contributed by atoms with Crippen LogP contribution in [0.15, 0.2) is 6.07 Å². The molecule has 146 valence electrons. The summed E-state index contributed by atoms with van der Waals surface area (Å²) in [5, 5.41) is 0. The van der Waals surface area contributed by atoms with Crippen LogP contribution < -0.4 is 0 Å². The second-order valence-corrected chi connectivity index (χ2v) is 8.71. The van der Waals surface area contributed by atoms with Crippen LogP contribution in [0.5, 0.6) is 0 Å². The van der Waals surface area contributed by atoms with Gasteiger partial charge in [0, 0.05) is 35.0 Å². The number of Topliss-reactive ketones (excluding diaryl/α,β-unsaturated/α-hetero) is 1. The normalized spacial score (nSPS) is 26.8. The van der Waals surface area contributed by atoms with E-state index in [1.54, 1.807) is 19.9 Å². The van der Waals surface area contributed by atoms with Crippen LogP contribution in [0, 0.1) is 0 Å². The fourth-order valence-electron chi connectivity index (χ4n) is 3.98. The Labute approximate surface area is 159 Å². The number of thiophene rings is 1. The van der Waals surface area contributed by atoms with Gasteiger partial charge in [-0.25, -0.2) is 0 Å². The zero-order chi connectivity index (χ0) is 19.9. The van der Waals surface area contributed by atoms with Gasteiger partial charge in [-0.3, -0.25) is 9.59 Å². The van der Waals surface area contributed by atoms with Crippen molar-refractivity contribution in [2.24, 2.45) is 0 Å². The summed E-state index contributed by atoms with van der Waals surface area (Å²) in [5.74, 6) is -2.04. The molecule has 0 bridgehead atoms. The molecule has 0 saturated carbocycles. The van der Waals surface area contributed by atoms with Crippen LogP contribution >= 0.6 is 22.9 Å². The molecule has 0 aromatic carbocycles. The summed E-state index contributed by atoms with van der Waals surface area (Å²) in [6.07, 6.45) is -4.28. The predicted molar refractivity (Wildman–Crippen MR) is 93.9 cm³/mol. The Bertz CT molecular complexity index is 692. The lowest BCUT2D eigenvalue weighted by Crippen LogP contribution is -2.57. The van der Waals surface area contributed by atoms with Crippen molar-refractivity contribution in [2.45, 2.75) is 57.3 Å². The van der Waals surface area contributed by atoms with Crippen molar-refractivity contribution in [3.8, 4) is 0 Å². The predicted octanol–water partition coefficient (Wildman–Crippen LogP) is 4.45. The van der Waals surface area contributed by atoms with Gasteiger partial charge in [-0.2, -0.15) is 13.2 Å². The molecule has 2 rings (SSSR count). The summed E-state index contributed by atoms with van der Waals surface area (Å²) < 4.78 is 44.0. The smallest absolute Gasteiger partial charge is 0.377 e. The lowest BCUT2D eigenvalue weighted by molar-refractivity contribution is -0.192. The highest BCUT2D eigenvalue weighted by Gasteiger charge is 2.50. The Kier molecular flexibility index (Phi) is 6.09. The van der Waals surface area contributed by atoms with E-state index in [4.69, 9.17) is 16.3 Å². The molecule has 2 unspecified atom stereocenters. The first kappa shape index (κ1) is 21.2. The molecule has 9 heteroatoms. The highest BCUT2D eigenvalue weighted by atomic mass is 35.5. The number of ketones is 1. The van der Waals surface area contributed by atoms with Crippen LogP contribution in [0.4, 0.5) is 13.2 Å². The van der Waals surface area contributed by atoms with E-state index in [9.17, 15) is 22.8 Å². The summed E-state index contributed by atoms with van der Waals surface area (Å²) in [7, 11) is 1.42. The number of piperidine rings is 1. The average molecular weight is 412 g/mol. The lowest BCUT2D eigenvalue weighted by atomic mass is 9.72. The van der Waals surface area contributed by atoms with E-state index >= 15 is 0 Å². The number of carbonyl (C=O) groups is 2. The SMILES string of the molecule is COCC(=O)c1cc(Cl)sc1C1(C)CC(C)N(C(=O)C(F)(F)F)C(C)C1. The molecule has 1 aliphatic rings. The molecule has 1 amide bonds. The van der Waals surface area contributed by atoms with Crippen LogP contribution in [-0.4, -0.2) is 48.6 Å². The Morgan fingerprint density at radius 3 is 2.35 bits per heavy atom. The Hall–Kier alpha value is -1.12. The molecule has 4 nitrogen and oxygen atoms in total. The van der Waals surface area contributed by atoms with Gasteiger partial charge < -0.3 is 9.64 Å². The quantitative estimate of drug-likeness (QED) is 0.688. The first-order valence-corrected chi connectivity index (χ1v) is 9.31. The van der Waals surface area contributed by atoms with Crippen LogP contribution in [0.3, 0.4) is 0 Å². The van der Waals surface area contributed by atoms with Crippen molar-refractivity contribution >= 4 is 34.6 Å². The second kappa shape index (κ2) is 7.48. The van der Waals surface area contributed by atoms with Gasteiger partial charge in [-0.1, -0.05) is 18.5 Å². The molecule has 2 heterocycles. The zero-order valence-corrected chi connectivity index (χ0v) is 16.5. The maximum atomic E-state index is 12.9. The van der Waals surface area contributed by atoms with Crippen LogP contribution in [0.25, 0.3) is 0 Å². The molecule has 1 aliphatic heterocycles. The number of hydrogen-bond donors (Lipinski definition) is 0. The molecule has 0 aliphatic carbocycles. The number of likely N-dealkylation sites (tertiary alicyclic amines) is 1. The Morgan fingerprint density at radius 2 is 1.88 bits per heavy atom. The monoisotopic (exact) mass is 411 g/mol. The minimum atomic E-state index is -4.90. The molecule has 1 saturated heterocycles. The maximum absolute atomic E-state index is 12.9. The first-order valence-electron chi connectivity index (χ1n) is 8.12. The van der Waals surface area contributed by atoms with Gasteiger partial charge in [0.15, 0.2) is 5.78 Å². The fraction of sp³-hybridized carbons (Fsp3) is 0.647. The van der Waals surface area contributed by atoms with Gasteiger partial charge in [0.1, 0.15) is 6.61 Å². The molecule has 1 fully saturated rings. The first-order chi connectivity index (χ1) is 11.9. The van der Waals surface area contributed by atoms with E-state index in [1.807, 2.05) is 6.92 Å². The van der Waals surface area contributed by atoms with Gasteiger partial charge in [0.25, 0.3) is 0 Å². The van der Waals surface area contributed by atoms with Crippen molar-refractivity contribution in [3.63, 3.8) is 0 Å². The molecule has 26 heavy (non-hydrogen) atoms. The molecular formula is C17H21ClF3NO3S. The van der Waals surface area contributed by atoms with Gasteiger partial charge in [0.2, 0.25) is 0 Å². The maximum Gasteiger partial charge on any atom is 0.471 e. The highest BCUT2D eigenvalue weighted by molar-refractivity contribution is 7.16. The topological polar surface area (TPSA) is 46.6 Å². The van der Waals surface area contributed by atoms with Gasteiger partial charge in [-0.05, 0) is 32.8 Å². The van der Waals surface area contributed by atoms with Gasteiger partial charge >= 0.3 is 12.1 Å². The molecular weight excluding hydrogens is 391 g/mol. The fourth-order valence-corrected chi connectivity index (χ4v) is 5.38. The minimum absolute atomic E-state index is 0.0973. The standard InChI is InChI=1S/C17H21ClF3NO3S/c1-9-6-16(3,7-10(2)22(9)15(24)17(19,20)21)14-11(5-13(18)26-14)12(23)8-25-4/h5,9-10H,6-8H2,1-4H3. The molecule has 0 N–H and O–H groups in total. The summed E-state index contributed by atoms with van der Waals surface area (Å²) in [4.78, 5) is 25.7.